The van der Waals surface area contributed by atoms with Gasteiger partial charge in [0.05, 0.1) is 5.92 Å². The lowest BCUT2D eigenvalue weighted by Gasteiger charge is -2.18. The molecule has 0 saturated carbocycles. The number of aromatic nitrogens is 1. The Labute approximate surface area is 162 Å². The normalized spacial score (nSPS) is 17.4. The molecule has 2 heterocycles. The zero-order valence-corrected chi connectivity index (χ0v) is 15.5. The van der Waals surface area contributed by atoms with Crippen LogP contribution in [0.25, 0.3) is 0 Å². The minimum absolute atomic E-state index is 0.236. The highest BCUT2D eigenvalue weighted by molar-refractivity contribution is 7.15. The Bertz CT molecular complexity index is 856. The van der Waals surface area contributed by atoms with Gasteiger partial charge in [0, 0.05) is 35.5 Å². The van der Waals surface area contributed by atoms with Crippen LogP contribution < -0.4 is 5.32 Å². The van der Waals surface area contributed by atoms with Gasteiger partial charge in [-0.05, 0) is 11.6 Å². The lowest BCUT2D eigenvalue weighted by molar-refractivity contribution is -0.157. The minimum Gasteiger partial charge on any atom is -0.333 e. The molecule has 2 amide bonds. The van der Waals surface area contributed by atoms with Gasteiger partial charge in [-0.2, -0.15) is 13.2 Å². The van der Waals surface area contributed by atoms with E-state index in [9.17, 15) is 22.8 Å². The van der Waals surface area contributed by atoms with Crippen molar-refractivity contribution in [3.05, 3.63) is 45.9 Å². The molecule has 1 aromatic heterocycles. The van der Waals surface area contributed by atoms with Crippen molar-refractivity contribution in [2.24, 2.45) is 5.92 Å². The van der Waals surface area contributed by atoms with Crippen LogP contribution in [0.1, 0.15) is 16.9 Å². The van der Waals surface area contributed by atoms with Gasteiger partial charge in [0.1, 0.15) is 6.54 Å². The maximum Gasteiger partial charge on any atom is 0.406 e. The standard InChI is InChI=1S/C17H15ClF3N3O2S/c18-13-4-2-1-3-10(13)5-12-7-22-16(27-12)23-15(26)11-6-14(25)24(8-11)9-17(19,20)21/h1-4,7,11H,5-6,8-9H2,(H,22,23,26). The van der Waals surface area contributed by atoms with E-state index in [1.165, 1.54) is 11.3 Å². The van der Waals surface area contributed by atoms with Gasteiger partial charge in [0.2, 0.25) is 11.8 Å². The highest BCUT2D eigenvalue weighted by Crippen LogP contribution is 2.27. The van der Waals surface area contributed by atoms with E-state index in [0.717, 1.165) is 10.4 Å². The maximum absolute atomic E-state index is 12.5. The van der Waals surface area contributed by atoms with Gasteiger partial charge in [-0.25, -0.2) is 4.98 Å². The highest BCUT2D eigenvalue weighted by atomic mass is 35.5. The molecule has 1 atom stereocenters. The molecule has 0 bridgehead atoms. The summed E-state index contributed by atoms with van der Waals surface area (Å²) in [7, 11) is 0. The van der Waals surface area contributed by atoms with Crippen molar-refractivity contribution in [3.8, 4) is 0 Å². The number of nitrogens with zero attached hydrogens (tertiary/aromatic N) is 2. The van der Waals surface area contributed by atoms with E-state index in [0.29, 0.717) is 21.5 Å². The van der Waals surface area contributed by atoms with Crippen molar-refractivity contribution in [2.75, 3.05) is 18.4 Å². The van der Waals surface area contributed by atoms with Gasteiger partial charge in [-0.3, -0.25) is 9.59 Å². The largest absolute Gasteiger partial charge is 0.406 e. The number of likely N-dealkylation sites (tertiary alicyclic amines) is 1. The van der Waals surface area contributed by atoms with Gasteiger partial charge in [0.25, 0.3) is 0 Å². The number of carbonyl (C=O) groups is 2. The molecule has 5 nitrogen and oxygen atoms in total. The summed E-state index contributed by atoms with van der Waals surface area (Å²) in [5, 5.41) is 3.55. The lowest BCUT2D eigenvalue weighted by Crippen LogP contribution is -2.36. The number of anilines is 1. The van der Waals surface area contributed by atoms with E-state index in [1.54, 1.807) is 12.3 Å². The first-order valence-electron chi connectivity index (χ1n) is 8.05. The van der Waals surface area contributed by atoms with E-state index >= 15 is 0 Å². The van der Waals surface area contributed by atoms with Crippen LogP contribution in [-0.4, -0.2) is 41.0 Å². The molecule has 1 N–H and O–H groups in total. The summed E-state index contributed by atoms with van der Waals surface area (Å²) >= 11 is 7.38. The monoisotopic (exact) mass is 417 g/mol. The zero-order chi connectivity index (χ0) is 19.6. The Morgan fingerprint density at radius 2 is 2.11 bits per heavy atom. The summed E-state index contributed by atoms with van der Waals surface area (Å²) in [5.74, 6) is -2.01. The number of rotatable bonds is 5. The third-order valence-corrected chi connectivity index (χ3v) is 5.34. The molecule has 1 aliphatic heterocycles. The van der Waals surface area contributed by atoms with Gasteiger partial charge < -0.3 is 10.2 Å². The minimum atomic E-state index is -4.48. The van der Waals surface area contributed by atoms with E-state index in [1.807, 2.05) is 18.2 Å². The quantitative estimate of drug-likeness (QED) is 0.806. The lowest BCUT2D eigenvalue weighted by atomic mass is 10.1. The molecule has 1 fully saturated rings. The number of thiazole rings is 1. The number of amides is 2. The highest BCUT2D eigenvalue weighted by Gasteiger charge is 2.40. The predicted octanol–water partition coefficient (Wildman–Crippen LogP) is 3.74. The molecule has 0 aliphatic carbocycles. The number of carbonyl (C=O) groups excluding carboxylic acids is 2. The molecule has 3 rings (SSSR count). The van der Waals surface area contributed by atoms with Crippen LogP contribution in [0.3, 0.4) is 0 Å². The molecule has 1 aliphatic rings. The third-order valence-electron chi connectivity index (χ3n) is 4.06. The molecule has 144 valence electrons. The average Bonchev–Trinajstić information content (AvgIpc) is 3.15. The number of benzene rings is 1. The fourth-order valence-corrected chi connectivity index (χ4v) is 3.84. The number of hydrogen-bond acceptors (Lipinski definition) is 4. The SMILES string of the molecule is O=C(Nc1ncc(Cc2ccccc2Cl)s1)C1CC(=O)N(CC(F)(F)F)C1. The summed E-state index contributed by atoms with van der Waals surface area (Å²) in [6.45, 7) is -1.59. The molecule has 1 aromatic carbocycles. The van der Waals surface area contributed by atoms with Gasteiger partial charge in [-0.1, -0.05) is 29.8 Å². The van der Waals surface area contributed by atoms with Crippen LogP contribution in [0.4, 0.5) is 18.3 Å². The summed E-state index contributed by atoms with van der Waals surface area (Å²) in [6.07, 6.45) is -2.56. The maximum atomic E-state index is 12.5. The molecule has 0 radical (unpaired) electrons. The van der Waals surface area contributed by atoms with Gasteiger partial charge >= 0.3 is 6.18 Å². The number of hydrogen-bond donors (Lipinski definition) is 1. The van der Waals surface area contributed by atoms with Crippen molar-refractivity contribution in [3.63, 3.8) is 0 Å². The Morgan fingerprint density at radius 1 is 1.37 bits per heavy atom. The second-order valence-corrected chi connectivity index (χ2v) is 7.70. The first-order valence-corrected chi connectivity index (χ1v) is 9.24. The Hall–Kier alpha value is -2.13. The average molecular weight is 418 g/mol. The Kier molecular flexibility index (Phi) is 5.71. The van der Waals surface area contributed by atoms with Crippen LogP contribution in [0.15, 0.2) is 30.5 Å². The van der Waals surface area contributed by atoms with Crippen LogP contribution >= 0.6 is 22.9 Å². The molecule has 1 saturated heterocycles. The molecule has 10 heteroatoms. The van der Waals surface area contributed by atoms with Crippen LogP contribution in [0.2, 0.25) is 5.02 Å². The molecular formula is C17H15ClF3N3O2S. The third kappa shape index (κ3) is 5.20. The molecule has 2 aromatic rings. The fourth-order valence-electron chi connectivity index (χ4n) is 2.80. The summed E-state index contributed by atoms with van der Waals surface area (Å²) in [5.41, 5.74) is 0.921. The van der Waals surface area contributed by atoms with Gasteiger partial charge in [-0.15, -0.1) is 11.3 Å². The van der Waals surface area contributed by atoms with Crippen molar-refractivity contribution < 1.29 is 22.8 Å². The molecule has 27 heavy (non-hydrogen) atoms. The van der Waals surface area contributed by atoms with Crippen molar-refractivity contribution in [1.82, 2.24) is 9.88 Å². The second-order valence-electron chi connectivity index (χ2n) is 6.18. The summed E-state index contributed by atoms with van der Waals surface area (Å²) in [4.78, 5) is 29.6. The van der Waals surface area contributed by atoms with Crippen LogP contribution in [-0.2, 0) is 16.0 Å². The van der Waals surface area contributed by atoms with Gasteiger partial charge in [0.15, 0.2) is 5.13 Å². The fraction of sp³-hybridized carbons (Fsp3) is 0.353. The molecular weight excluding hydrogens is 403 g/mol. The van der Waals surface area contributed by atoms with Crippen molar-refractivity contribution in [2.45, 2.75) is 19.0 Å². The van der Waals surface area contributed by atoms with Crippen molar-refractivity contribution in [1.29, 1.82) is 0 Å². The first kappa shape index (κ1) is 19.6. The topological polar surface area (TPSA) is 62.3 Å². The Balaban J connectivity index is 1.58. The molecule has 1 unspecified atom stereocenters. The number of halogens is 4. The Morgan fingerprint density at radius 3 is 2.81 bits per heavy atom. The van der Waals surface area contributed by atoms with Crippen LogP contribution in [0.5, 0.6) is 0 Å². The first-order chi connectivity index (χ1) is 12.7. The van der Waals surface area contributed by atoms with E-state index in [4.69, 9.17) is 11.6 Å². The predicted molar refractivity (Wildman–Crippen MR) is 95.7 cm³/mol. The molecule has 0 spiro atoms. The van der Waals surface area contributed by atoms with E-state index in [2.05, 4.69) is 10.3 Å². The van der Waals surface area contributed by atoms with E-state index < -0.39 is 30.5 Å². The zero-order valence-electron chi connectivity index (χ0n) is 13.9. The number of alkyl halides is 3. The van der Waals surface area contributed by atoms with Crippen molar-refractivity contribution >= 4 is 39.9 Å². The summed E-state index contributed by atoms with van der Waals surface area (Å²) in [6, 6.07) is 7.37. The second kappa shape index (κ2) is 7.85. The summed E-state index contributed by atoms with van der Waals surface area (Å²) < 4.78 is 37.4. The van der Waals surface area contributed by atoms with Crippen LogP contribution in [0, 0.1) is 5.92 Å². The van der Waals surface area contributed by atoms with E-state index in [-0.39, 0.29) is 13.0 Å². The number of nitrogens with one attached hydrogen (secondary N) is 1. The smallest absolute Gasteiger partial charge is 0.333 e.